The molecule has 2 N–H and O–H groups in total. The lowest BCUT2D eigenvalue weighted by molar-refractivity contribution is -0.159. The number of hydrogen-bond acceptors (Lipinski definition) is 4. The minimum absolute atomic E-state index is 0.205. The van der Waals surface area contributed by atoms with E-state index in [0.717, 1.165) is 5.56 Å². The van der Waals surface area contributed by atoms with Gasteiger partial charge in [0.25, 0.3) is 0 Å². The number of benzene rings is 1. The standard InChI is InChI=1S/C14H17NO3/c1-13(2,3)18-12(17)14(15)8-9-6-4-5-7-10(9)11(14)16/h4-7H,8,15H2,1-3H3/t14-/m1/s1. The largest absolute Gasteiger partial charge is 0.458 e. The molecule has 0 aliphatic heterocycles. The molecule has 0 aromatic heterocycles. The fourth-order valence-corrected chi connectivity index (χ4v) is 2.05. The molecular weight excluding hydrogens is 230 g/mol. The third-order valence-corrected chi connectivity index (χ3v) is 2.90. The summed E-state index contributed by atoms with van der Waals surface area (Å²) in [6.07, 6.45) is 0.205. The van der Waals surface area contributed by atoms with Gasteiger partial charge >= 0.3 is 5.97 Å². The van der Waals surface area contributed by atoms with Crippen molar-refractivity contribution in [1.82, 2.24) is 0 Å². The van der Waals surface area contributed by atoms with Gasteiger partial charge in [0.1, 0.15) is 5.60 Å². The first-order valence-corrected chi connectivity index (χ1v) is 5.89. The molecule has 0 fully saturated rings. The Labute approximate surface area is 106 Å². The summed E-state index contributed by atoms with van der Waals surface area (Å²) in [5, 5.41) is 0. The zero-order valence-corrected chi connectivity index (χ0v) is 10.8. The SMILES string of the molecule is CC(C)(C)OC(=O)[C@@]1(N)Cc2ccccc2C1=O. The maximum atomic E-state index is 12.2. The maximum absolute atomic E-state index is 12.2. The van der Waals surface area contributed by atoms with Crippen molar-refractivity contribution in [3.05, 3.63) is 35.4 Å². The Balaban J connectivity index is 2.31. The fourth-order valence-electron chi connectivity index (χ4n) is 2.05. The van der Waals surface area contributed by atoms with E-state index in [1.807, 2.05) is 12.1 Å². The molecule has 0 heterocycles. The van der Waals surface area contributed by atoms with Gasteiger partial charge in [0.2, 0.25) is 0 Å². The number of esters is 1. The summed E-state index contributed by atoms with van der Waals surface area (Å²) < 4.78 is 5.24. The van der Waals surface area contributed by atoms with E-state index >= 15 is 0 Å². The average Bonchev–Trinajstić information content (AvgIpc) is 2.51. The van der Waals surface area contributed by atoms with E-state index in [2.05, 4.69) is 0 Å². The van der Waals surface area contributed by atoms with Gasteiger partial charge < -0.3 is 10.5 Å². The smallest absolute Gasteiger partial charge is 0.335 e. The molecule has 0 spiro atoms. The van der Waals surface area contributed by atoms with Crippen molar-refractivity contribution in [2.45, 2.75) is 38.3 Å². The van der Waals surface area contributed by atoms with E-state index < -0.39 is 17.1 Å². The highest BCUT2D eigenvalue weighted by Crippen LogP contribution is 2.30. The number of hydrogen-bond donors (Lipinski definition) is 1. The molecule has 0 amide bonds. The summed E-state index contributed by atoms with van der Waals surface area (Å²) in [6, 6.07) is 7.09. The minimum Gasteiger partial charge on any atom is -0.458 e. The minimum atomic E-state index is -1.57. The Morgan fingerprint density at radius 1 is 1.33 bits per heavy atom. The quantitative estimate of drug-likeness (QED) is 0.602. The molecule has 1 aliphatic carbocycles. The highest BCUT2D eigenvalue weighted by molar-refractivity contribution is 6.19. The lowest BCUT2D eigenvalue weighted by Crippen LogP contribution is -2.55. The number of carbonyl (C=O) groups excluding carboxylic acids is 2. The molecule has 2 rings (SSSR count). The molecular formula is C14H17NO3. The molecule has 18 heavy (non-hydrogen) atoms. The van der Waals surface area contributed by atoms with Crippen molar-refractivity contribution in [2.75, 3.05) is 0 Å². The summed E-state index contributed by atoms with van der Waals surface area (Å²) >= 11 is 0. The number of fused-ring (bicyclic) bond motifs is 1. The van der Waals surface area contributed by atoms with Crippen LogP contribution >= 0.6 is 0 Å². The number of Topliss-reactive ketones (excluding diaryl/α,β-unsaturated/α-hetero) is 1. The third-order valence-electron chi connectivity index (χ3n) is 2.90. The summed E-state index contributed by atoms with van der Waals surface area (Å²) in [5.74, 6) is -1.01. The highest BCUT2D eigenvalue weighted by Gasteiger charge is 2.50. The molecule has 0 saturated heterocycles. The van der Waals surface area contributed by atoms with Gasteiger partial charge in [-0.3, -0.25) is 4.79 Å². The lowest BCUT2D eigenvalue weighted by atomic mass is 9.95. The molecule has 0 bridgehead atoms. The van der Waals surface area contributed by atoms with Crippen LogP contribution in [0.3, 0.4) is 0 Å². The number of carbonyl (C=O) groups is 2. The molecule has 1 aliphatic rings. The maximum Gasteiger partial charge on any atom is 0.335 e. The van der Waals surface area contributed by atoms with E-state index in [-0.39, 0.29) is 12.2 Å². The third kappa shape index (κ3) is 2.04. The van der Waals surface area contributed by atoms with Crippen molar-refractivity contribution in [3.63, 3.8) is 0 Å². The van der Waals surface area contributed by atoms with Crippen LogP contribution < -0.4 is 5.73 Å². The molecule has 0 radical (unpaired) electrons. The highest BCUT2D eigenvalue weighted by atomic mass is 16.6. The Morgan fingerprint density at radius 2 is 1.94 bits per heavy atom. The molecule has 0 unspecified atom stereocenters. The monoisotopic (exact) mass is 247 g/mol. The van der Waals surface area contributed by atoms with Crippen LogP contribution in [0.4, 0.5) is 0 Å². The van der Waals surface area contributed by atoms with Gasteiger partial charge in [0.15, 0.2) is 11.3 Å². The van der Waals surface area contributed by atoms with Crippen LogP contribution in [-0.4, -0.2) is 22.9 Å². The number of ether oxygens (including phenoxy) is 1. The first-order chi connectivity index (χ1) is 8.24. The normalized spacial score (nSPS) is 22.8. The van der Waals surface area contributed by atoms with Crippen LogP contribution in [0.2, 0.25) is 0 Å². The first-order valence-electron chi connectivity index (χ1n) is 5.89. The summed E-state index contributed by atoms with van der Waals surface area (Å²) in [7, 11) is 0. The van der Waals surface area contributed by atoms with Crippen LogP contribution in [0.25, 0.3) is 0 Å². The van der Waals surface area contributed by atoms with Gasteiger partial charge in [0, 0.05) is 12.0 Å². The number of rotatable bonds is 1. The Bertz CT molecular complexity index is 516. The zero-order valence-electron chi connectivity index (χ0n) is 10.8. The summed E-state index contributed by atoms with van der Waals surface area (Å²) in [6.45, 7) is 5.25. The molecule has 0 saturated carbocycles. The van der Waals surface area contributed by atoms with Crippen LogP contribution in [0.15, 0.2) is 24.3 Å². The number of ketones is 1. The van der Waals surface area contributed by atoms with Crippen molar-refractivity contribution >= 4 is 11.8 Å². The molecule has 1 atom stereocenters. The van der Waals surface area contributed by atoms with E-state index in [9.17, 15) is 9.59 Å². The summed E-state index contributed by atoms with van der Waals surface area (Å²) in [4.78, 5) is 24.3. The predicted molar refractivity (Wildman–Crippen MR) is 67.2 cm³/mol. The second kappa shape index (κ2) is 3.92. The van der Waals surface area contributed by atoms with Crippen molar-refractivity contribution in [2.24, 2.45) is 5.73 Å². The zero-order chi connectivity index (χ0) is 13.6. The van der Waals surface area contributed by atoms with Crippen molar-refractivity contribution in [1.29, 1.82) is 0 Å². The van der Waals surface area contributed by atoms with Gasteiger partial charge in [-0.25, -0.2) is 4.79 Å². The van der Waals surface area contributed by atoms with E-state index in [1.165, 1.54) is 0 Å². The van der Waals surface area contributed by atoms with Crippen LogP contribution in [0, 0.1) is 0 Å². The van der Waals surface area contributed by atoms with Gasteiger partial charge in [-0.1, -0.05) is 24.3 Å². The summed E-state index contributed by atoms with van der Waals surface area (Å²) in [5.41, 5.74) is 5.07. The van der Waals surface area contributed by atoms with E-state index in [1.54, 1.807) is 32.9 Å². The number of nitrogens with two attached hydrogens (primary N) is 1. The van der Waals surface area contributed by atoms with Gasteiger partial charge in [-0.05, 0) is 26.3 Å². The predicted octanol–water partition coefficient (Wildman–Crippen LogP) is 1.46. The molecule has 1 aromatic carbocycles. The first kappa shape index (κ1) is 12.8. The Kier molecular flexibility index (Phi) is 2.78. The lowest BCUT2D eigenvalue weighted by Gasteiger charge is -2.26. The Morgan fingerprint density at radius 3 is 2.50 bits per heavy atom. The second-order valence-corrected chi connectivity index (χ2v) is 5.64. The van der Waals surface area contributed by atoms with E-state index in [0.29, 0.717) is 5.56 Å². The van der Waals surface area contributed by atoms with E-state index in [4.69, 9.17) is 10.5 Å². The van der Waals surface area contributed by atoms with Gasteiger partial charge in [-0.2, -0.15) is 0 Å². The van der Waals surface area contributed by atoms with Gasteiger partial charge in [0.05, 0.1) is 0 Å². The molecule has 1 aromatic rings. The van der Waals surface area contributed by atoms with Crippen LogP contribution in [-0.2, 0) is 16.0 Å². The van der Waals surface area contributed by atoms with Crippen LogP contribution in [0.5, 0.6) is 0 Å². The average molecular weight is 247 g/mol. The van der Waals surface area contributed by atoms with Gasteiger partial charge in [-0.15, -0.1) is 0 Å². The van der Waals surface area contributed by atoms with Crippen molar-refractivity contribution in [3.8, 4) is 0 Å². The molecule has 4 heteroatoms. The molecule has 4 nitrogen and oxygen atoms in total. The topological polar surface area (TPSA) is 69.4 Å². The second-order valence-electron chi connectivity index (χ2n) is 5.64. The Hall–Kier alpha value is -1.68. The van der Waals surface area contributed by atoms with Crippen molar-refractivity contribution < 1.29 is 14.3 Å². The van der Waals surface area contributed by atoms with Crippen LogP contribution in [0.1, 0.15) is 36.7 Å². The fraction of sp³-hybridized carbons (Fsp3) is 0.429. The molecule has 96 valence electrons.